The van der Waals surface area contributed by atoms with Gasteiger partial charge in [-0.05, 0) is 6.07 Å². The van der Waals surface area contributed by atoms with E-state index in [2.05, 4.69) is 4.98 Å². The van der Waals surface area contributed by atoms with Crippen LogP contribution in [0.1, 0.15) is 6.92 Å². The largest absolute Gasteiger partial charge is 0.482 e. The monoisotopic (exact) mass is 207 g/mol. The normalized spacial score (nSPS) is 9.20. The fraction of sp³-hybridized carbons (Fsp3) is 0.182. The number of carbonyl (C=O) groups is 1. The second kappa shape index (κ2) is 5.05. The number of hydrogen-bond donors (Lipinski definition) is 2. The summed E-state index contributed by atoms with van der Waals surface area (Å²) in [5.41, 5.74) is 1.12. The van der Waals surface area contributed by atoms with Crippen molar-refractivity contribution in [2.45, 2.75) is 6.92 Å². The van der Waals surface area contributed by atoms with Crippen molar-refractivity contribution in [3.63, 3.8) is 0 Å². The molecule has 1 aromatic heterocycles. The fourth-order valence-electron chi connectivity index (χ4n) is 1.16. The number of rotatable bonds is 1. The van der Waals surface area contributed by atoms with E-state index in [4.69, 9.17) is 14.6 Å². The Morgan fingerprint density at radius 3 is 2.53 bits per heavy atom. The molecule has 1 aromatic carbocycles. The van der Waals surface area contributed by atoms with Crippen LogP contribution in [0.15, 0.2) is 30.3 Å². The Balaban J connectivity index is 0.000000245. The van der Waals surface area contributed by atoms with E-state index in [-0.39, 0.29) is 0 Å². The van der Waals surface area contributed by atoms with Gasteiger partial charge < -0.3 is 14.8 Å². The van der Waals surface area contributed by atoms with Gasteiger partial charge in [0.05, 0.1) is 7.11 Å². The molecule has 0 aliphatic carbocycles. The zero-order chi connectivity index (χ0) is 11.3. The van der Waals surface area contributed by atoms with E-state index in [0.717, 1.165) is 18.3 Å². The van der Waals surface area contributed by atoms with E-state index in [1.54, 1.807) is 7.11 Å². The molecule has 0 spiro atoms. The molecule has 0 aliphatic heterocycles. The number of aromatic nitrogens is 1. The summed E-state index contributed by atoms with van der Waals surface area (Å²) in [6.07, 6.45) is 0. The molecule has 4 nitrogen and oxygen atoms in total. The number of nitrogens with one attached hydrogen (secondary N) is 1. The van der Waals surface area contributed by atoms with Gasteiger partial charge in [0, 0.05) is 23.9 Å². The molecule has 0 fully saturated rings. The van der Waals surface area contributed by atoms with Gasteiger partial charge in [-0.1, -0.05) is 18.2 Å². The molecule has 2 rings (SSSR count). The Kier molecular flexibility index (Phi) is 3.74. The third kappa shape index (κ3) is 3.34. The highest BCUT2D eigenvalue weighted by molar-refractivity contribution is 5.81. The maximum atomic E-state index is 9.00. The van der Waals surface area contributed by atoms with E-state index in [1.165, 1.54) is 5.39 Å². The SMILES string of the molecule is CC(=O)O.COc1cc2ccccc2[nH]1. The van der Waals surface area contributed by atoms with Gasteiger partial charge in [-0.2, -0.15) is 0 Å². The van der Waals surface area contributed by atoms with Crippen molar-refractivity contribution in [3.05, 3.63) is 30.3 Å². The van der Waals surface area contributed by atoms with Crippen LogP contribution in [0.4, 0.5) is 0 Å². The van der Waals surface area contributed by atoms with Crippen molar-refractivity contribution in [1.29, 1.82) is 0 Å². The van der Waals surface area contributed by atoms with Crippen molar-refractivity contribution in [3.8, 4) is 5.88 Å². The lowest BCUT2D eigenvalue weighted by molar-refractivity contribution is -0.134. The molecule has 4 heteroatoms. The van der Waals surface area contributed by atoms with Crippen molar-refractivity contribution in [1.82, 2.24) is 4.98 Å². The topological polar surface area (TPSA) is 62.3 Å². The first-order valence-corrected chi connectivity index (χ1v) is 4.44. The van der Waals surface area contributed by atoms with Crippen LogP contribution in [0.25, 0.3) is 10.9 Å². The summed E-state index contributed by atoms with van der Waals surface area (Å²) in [5.74, 6) is -0.0220. The summed E-state index contributed by atoms with van der Waals surface area (Å²) in [4.78, 5) is 12.1. The second-order valence-electron chi connectivity index (χ2n) is 2.94. The summed E-state index contributed by atoms with van der Waals surface area (Å²) in [6.45, 7) is 1.08. The van der Waals surface area contributed by atoms with Crippen LogP contribution in [0.3, 0.4) is 0 Å². The third-order valence-electron chi connectivity index (χ3n) is 1.73. The Hall–Kier alpha value is -1.97. The number of carboxylic acids is 1. The van der Waals surface area contributed by atoms with Gasteiger partial charge >= 0.3 is 0 Å². The maximum absolute atomic E-state index is 9.00. The molecule has 1 heterocycles. The molecular formula is C11H13NO3. The summed E-state index contributed by atoms with van der Waals surface area (Å²) in [6, 6.07) is 10.1. The lowest BCUT2D eigenvalue weighted by Crippen LogP contribution is -1.79. The molecule has 0 bridgehead atoms. The van der Waals surface area contributed by atoms with Crippen LogP contribution < -0.4 is 4.74 Å². The molecule has 0 atom stereocenters. The highest BCUT2D eigenvalue weighted by Gasteiger charge is 1.96. The standard InChI is InChI=1S/C9H9NO.C2H4O2/c1-11-9-6-7-4-2-3-5-8(7)10-9;1-2(3)4/h2-6,10H,1H3;1H3,(H,3,4). The van der Waals surface area contributed by atoms with Crippen LogP contribution in [0.5, 0.6) is 5.88 Å². The van der Waals surface area contributed by atoms with E-state index in [1.807, 2.05) is 30.3 Å². The predicted molar refractivity (Wildman–Crippen MR) is 58.2 cm³/mol. The Bertz CT molecular complexity index is 411. The Morgan fingerprint density at radius 1 is 1.40 bits per heavy atom. The molecule has 0 amide bonds. The number of H-pyrrole nitrogens is 1. The first-order chi connectivity index (χ1) is 7.13. The number of hydrogen-bond acceptors (Lipinski definition) is 2. The summed E-state index contributed by atoms with van der Waals surface area (Å²) in [5, 5.41) is 8.60. The number of fused-ring (bicyclic) bond motifs is 1. The Labute approximate surface area is 87.5 Å². The second-order valence-corrected chi connectivity index (χ2v) is 2.94. The molecule has 0 unspecified atom stereocenters. The fourth-order valence-corrected chi connectivity index (χ4v) is 1.16. The van der Waals surface area contributed by atoms with Gasteiger partial charge in [0.1, 0.15) is 0 Å². The Morgan fingerprint density at radius 2 is 2.00 bits per heavy atom. The van der Waals surface area contributed by atoms with Crippen molar-refractivity contribution < 1.29 is 14.6 Å². The maximum Gasteiger partial charge on any atom is 0.300 e. The minimum absolute atomic E-state index is 0.811. The van der Waals surface area contributed by atoms with Gasteiger partial charge in [-0.25, -0.2) is 0 Å². The first-order valence-electron chi connectivity index (χ1n) is 4.44. The van der Waals surface area contributed by atoms with E-state index < -0.39 is 5.97 Å². The lowest BCUT2D eigenvalue weighted by Gasteiger charge is -1.89. The van der Waals surface area contributed by atoms with Crippen LogP contribution >= 0.6 is 0 Å². The minimum Gasteiger partial charge on any atom is -0.482 e. The van der Waals surface area contributed by atoms with E-state index in [0.29, 0.717) is 0 Å². The van der Waals surface area contributed by atoms with Crippen molar-refractivity contribution in [2.75, 3.05) is 7.11 Å². The van der Waals surface area contributed by atoms with Gasteiger partial charge in [0.2, 0.25) is 0 Å². The zero-order valence-electron chi connectivity index (χ0n) is 8.65. The number of aromatic amines is 1. The number of ether oxygens (including phenoxy) is 1. The van der Waals surface area contributed by atoms with Crippen molar-refractivity contribution in [2.24, 2.45) is 0 Å². The molecule has 0 radical (unpaired) electrons. The van der Waals surface area contributed by atoms with Gasteiger partial charge in [-0.15, -0.1) is 0 Å². The summed E-state index contributed by atoms with van der Waals surface area (Å²) in [7, 11) is 1.66. The van der Waals surface area contributed by atoms with Gasteiger partial charge in [0.25, 0.3) is 5.97 Å². The van der Waals surface area contributed by atoms with Crippen LogP contribution in [-0.2, 0) is 4.79 Å². The van der Waals surface area contributed by atoms with E-state index >= 15 is 0 Å². The molecule has 80 valence electrons. The average Bonchev–Trinajstić information content (AvgIpc) is 2.59. The van der Waals surface area contributed by atoms with E-state index in [9.17, 15) is 0 Å². The summed E-state index contributed by atoms with van der Waals surface area (Å²) >= 11 is 0. The van der Waals surface area contributed by atoms with Crippen molar-refractivity contribution >= 4 is 16.9 Å². The number of benzene rings is 1. The molecule has 0 aliphatic rings. The molecule has 15 heavy (non-hydrogen) atoms. The highest BCUT2D eigenvalue weighted by atomic mass is 16.5. The van der Waals surface area contributed by atoms with Gasteiger partial charge in [-0.3, -0.25) is 4.79 Å². The molecule has 2 N–H and O–H groups in total. The number of carboxylic acid groups (broad SMARTS) is 1. The predicted octanol–water partition coefficient (Wildman–Crippen LogP) is 2.27. The smallest absolute Gasteiger partial charge is 0.300 e. The highest BCUT2D eigenvalue weighted by Crippen LogP contribution is 2.18. The van der Waals surface area contributed by atoms with Crippen LogP contribution in [0.2, 0.25) is 0 Å². The van der Waals surface area contributed by atoms with Crippen LogP contribution in [0, 0.1) is 0 Å². The molecule has 0 saturated carbocycles. The number of methoxy groups -OCH3 is 1. The molecule has 0 saturated heterocycles. The quantitative estimate of drug-likeness (QED) is 0.754. The molecule has 2 aromatic rings. The number of para-hydroxylation sites is 1. The summed E-state index contributed by atoms with van der Waals surface area (Å²) < 4.78 is 5.04. The first kappa shape index (κ1) is 11.1. The third-order valence-corrected chi connectivity index (χ3v) is 1.73. The lowest BCUT2D eigenvalue weighted by atomic mass is 10.3. The molecular weight excluding hydrogens is 194 g/mol. The van der Waals surface area contributed by atoms with Crippen LogP contribution in [-0.4, -0.2) is 23.2 Å². The zero-order valence-corrected chi connectivity index (χ0v) is 8.65. The average molecular weight is 207 g/mol. The minimum atomic E-state index is -0.833. The van der Waals surface area contributed by atoms with Gasteiger partial charge in [0.15, 0.2) is 5.88 Å². The number of aliphatic carboxylic acids is 1.